The molecule has 0 amide bonds. The van der Waals surface area contributed by atoms with Crippen molar-refractivity contribution in [1.82, 2.24) is 5.32 Å². The Morgan fingerprint density at radius 1 is 1.19 bits per heavy atom. The Morgan fingerprint density at radius 2 is 1.95 bits per heavy atom. The molecule has 2 aromatic carbocycles. The van der Waals surface area contributed by atoms with Crippen molar-refractivity contribution in [2.24, 2.45) is 0 Å². The van der Waals surface area contributed by atoms with Gasteiger partial charge in [-0.05, 0) is 56.3 Å². The molecule has 1 unspecified atom stereocenters. The average molecular weight is 352 g/mol. The van der Waals surface area contributed by atoms with Crippen LogP contribution in [0.15, 0.2) is 40.9 Å². The second-order valence-electron chi connectivity index (χ2n) is 5.00. The van der Waals surface area contributed by atoms with Crippen molar-refractivity contribution in [3.05, 3.63) is 57.8 Å². The van der Waals surface area contributed by atoms with Gasteiger partial charge in [-0.3, -0.25) is 0 Å². The van der Waals surface area contributed by atoms with E-state index in [2.05, 4.69) is 35.1 Å². The Labute approximate surface area is 133 Å². The van der Waals surface area contributed by atoms with Gasteiger partial charge >= 0.3 is 0 Å². The Bertz CT molecular complexity index is 630. The number of nitrogens with one attached hydrogen (secondary N) is 1. The predicted molar refractivity (Wildman–Crippen MR) is 87.4 cm³/mol. The van der Waals surface area contributed by atoms with E-state index < -0.39 is 0 Å². The predicted octanol–water partition coefficient (Wildman–Crippen LogP) is 5.36. The number of aryl methyl sites for hydroxylation is 1. The molecule has 0 aliphatic heterocycles. The van der Waals surface area contributed by atoms with Crippen LogP contribution >= 0.6 is 15.9 Å². The summed E-state index contributed by atoms with van der Waals surface area (Å²) in [5.74, 6) is 0.559. The lowest BCUT2D eigenvalue weighted by atomic mass is 10.1. The molecule has 0 heterocycles. The molecule has 2 aromatic rings. The molecule has 0 radical (unpaired) electrons. The maximum Gasteiger partial charge on any atom is 0.165 e. The zero-order valence-electron chi connectivity index (χ0n) is 12.4. The summed E-state index contributed by atoms with van der Waals surface area (Å²) >= 11 is 3.47. The van der Waals surface area contributed by atoms with E-state index in [-0.39, 0.29) is 17.6 Å². The van der Waals surface area contributed by atoms with Gasteiger partial charge in [-0.1, -0.05) is 28.9 Å². The molecule has 2 nitrogen and oxygen atoms in total. The highest BCUT2D eigenvalue weighted by Gasteiger charge is 2.14. The monoisotopic (exact) mass is 351 g/mol. The van der Waals surface area contributed by atoms with E-state index in [0.717, 1.165) is 22.1 Å². The second-order valence-corrected chi connectivity index (χ2v) is 5.91. The van der Waals surface area contributed by atoms with Crippen LogP contribution in [0.5, 0.6) is 11.5 Å². The third-order valence-corrected chi connectivity index (χ3v) is 3.75. The van der Waals surface area contributed by atoms with E-state index in [9.17, 15) is 4.39 Å². The molecule has 0 saturated heterocycles. The van der Waals surface area contributed by atoms with Crippen LogP contribution in [0.25, 0.3) is 0 Å². The average Bonchev–Trinajstić information content (AvgIpc) is 2.45. The van der Waals surface area contributed by atoms with Crippen molar-refractivity contribution < 1.29 is 9.13 Å². The van der Waals surface area contributed by atoms with Crippen molar-refractivity contribution in [2.45, 2.75) is 26.8 Å². The highest BCUT2D eigenvalue weighted by Crippen LogP contribution is 2.33. The van der Waals surface area contributed by atoms with Crippen molar-refractivity contribution in [1.29, 1.82) is 0 Å². The zero-order valence-corrected chi connectivity index (χ0v) is 14.0. The van der Waals surface area contributed by atoms with Crippen molar-refractivity contribution in [2.75, 3.05) is 6.54 Å². The Balaban J connectivity index is 2.37. The topological polar surface area (TPSA) is 21.3 Å². The van der Waals surface area contributed by atoms with Crippen molar-refractivity contribution in [3.63, 3.8) is 0 Å². The Hall–Kier alpha value is -1.39. The summed E-state index contributed by atoms with van der Waals surface area (Å²) in [6.45, 7) is 6.88. The fraction of sp³-hybridized carbons (Fsp3) is 0.294. The minimum Gasteiger partial charge on any atom is -0.454 e. The summed E-state index contributed by atoms with van der Waals surface area (Å²) in [7, 11) is 0. The summed E-state index contributed by atoms with van der Waals surface area (Å²) in [5, 5.41) is 3.35. The van der Waals surface area contributed by atoms with Gasteiger partial charge in [0.2, 0.25) is 0 Å². The van der Waals surface area contributed by atoms with Gasteiger partial charge in [0.05, 0.1) is 0 Å². The molecule has 1 atom stereocenters. The minimum atomic E-state index is -0.356. The molecule has 0 spiro atoms. The van der Waals surface area contributed by atoms with E-state index in [1.807, 2.05) is 25.1 Å². The molecule has 112 valence electrons. The van der Waals surface area contributed by atoms with Crippen LogP contribution in [0.2, 0.25) is 0 Å². The highest BCUT2D eigenvalue weighted by atomic mass is 79.9. The van der Waals surface area contributed by atoms with Gasteiger partial charge in [-0.25, -0.2) is 4.39 Å². The lowest BCUT2D eigenvalue weighted by molar-refractivity contribution is 0.429. The van der Waals surface area contributed by atoms with Crippen LogP contribution in [-0.2, 0) is 0 Å². The molecular formula is C17H19BrFNO. The fourth-order valence-corrected chi connectivity index (χ4v) is 2.55. The molecule has 1 N–H and O–H groups in total. The Morgan fingerprint density at radius 3 is 2.67 bits per heavy atom. The first-order valence-electron chi connectivity index (χ1n) is 6.98. The van der Waals surface area contributed by atoms with Crippen LogP contribution in [0.4, 0.5) is 4.39 Å². The van der Waals surface area contributed by atoms with E-state index >= 15 is 0 Å². The maximum absolute atomic E-state index is 13.9. The normalized spacial score (nSPS) is 12.2. The molecule has 0 aliphatic carbocycles. The van der Waals surface area contributed by atoms with E-state index in [0.29, 0.717) is 5.75 Å². The van der Waals surface area contributed by atoms with E-state index in [4.69, 9.17) is 4.74 Å². The van der Waals surface area contributed by atoms with Gasteiger partial charge in [0.25, 0.3) is 0 Å². The molecule has 0 aliphatic rings. The molecule has 0 fully saturated rings. The Kier molecular flexibility index (Phi) is 5.37. The molecule has 0 saturated carbocycles. The van der Waals surface area contributed by atoms with Crippen LogP contribution in [0.3, 0.4) is 0 Å². The summed E-state index contributed by atoms with van der Waals surface area (Å²) in [6.07, 6.45) is 0. The molecule has 2 rings (SSSR count). The highest BCUT2D eigenvalue weighted by molar-refractivity contribution is 9.10. The molecule has 21 heavy (non-hydrogen) atoms. The summed E-state index contributed by atoms with van der Waals surface area (Å²) in [6, 6.07) is 10.7. The quantitative estimate of drug-likeness (QED) is 0.782. The van der Waals surface area contributed by atoms with Crippen LogP contribution < -0.4 is 10.1 Å². The van der Waals surface area contributed by atoms with Crippen molar-refractivity contribution >= 4 is 15.9 Å². The van der Waals surface area contributed by atoms with Gasteiger partial charge in [0.1, 0.15) is 5.75 Å². The van der Waals surface area contributed by atoms with Gasteiger partial charge < -0.3 is 10.1 Å². The first-order chi connectivity index (χ1) is 10.0. The first-order valence-corrected chi connectivity index (χ1v) is 7.77. The van der Waals surface area contributed by atoms with Crippen LogP contribution in [0, 0.1) is 12.7 Å². The fourth-order valence-electron chi connectivity index (χ4n) is 2.17. The third kappa shape index (κ3) is 4.05. The number of hydrogen-bond donors (Lipinski definition) is 1. The van der Waals surface area contributed by atoms with Crippen molar-refractivity contribution in [3.8, 4) is 11.5 Å². The molecule has 4 heteroatoms. The lowest BCUT2D eigenvalue weighted by Crippen LogP contribution is -2.18. The number of hydrogen-bond acceptors (Lipinski definition) is 2. The smallest absolute Gasteiger partial charge is 0.165 e. The number of rotatable bonds is 5. The van der Waals surface area contributed by atoms with Gasteiger partial charge in [-0.15, -0.1) is 0 Å². The standard InChI is InChI=1S/C17H19BrFNO/c1-4-20-12(3)14-10-13(18)6-8-16(14)21-17-9-11(2)5-7-15(17)19/h5-10,12,20H,4H2,1-3H3. The van der Waals surface area contributed by atoms with Gasteiger partial charge in [-0.2, -0.15) is 0 Å². The molecule has 0 bridgehead atoms. The SMILES string of the molecule is CCNC(C)c1cc(Br)ccc1Oc1cc(C)ccc1F. The molecule has 0 aromatic heterocycles. The second kappa shape index (κ2) is 7.05. The minimum absolute atomic E-state index is 0.121. The largest absolute Gasteiger partial charge is 0.454 e. The molecular weight excluding hydrogens is 333 g/mol. The van der Waals surface area contributed by atoms with Crippen LogP contribution in [-0.4, -0.2) is 6.54 Å². The summed E-state index contributed by atoms with van der Waals surface area (Å²) in [4.78, 5) is 0. The van der Waals surface area contributed by atoms with Gasteiger partial charge in [0.15, 0.2) is 11.6 Å². The van der Waals surface area contributed by atoms with Gasteiger partial charge in [0, 0.05) is 16.1 Å². The van der Waals surface area contributed by atoms with Crippen LogP contribution in [0.1, 0.15) is 31.0 Å². The maximum atomic E-state index is 13.9. The summed E-state index contributed by atoms with van der Waals surface area (Å²) < 4.78 is 20.6. The number of benzene rings is 2. The van der Waals surface area contributed by atoms with E-state index in [1.54, 1.807) is 12.1 Å². The number of halogens is 2. The third-order valence-electron chi connectivity index (χ3n) is 3.26. The lowest BCUT2D eigenvalue weighted by Gasteiger charge is -2.18. The number of ether oxygens (including phenoxy) is 1. The zero-order chi connectivity index (χ0) is 15.4. The van der Waals surface area contributed by atoms with E-state index in [1.165, 1.54) is 6.07 Å². The first kappa shape index (κ1) is 16.0. The summed E-state index contributed by atoms with van der Waals surface area (Å²) in [5.41, 5.74) is 1.96.